The molecule has 2 unspecified atom stereocenters. The van der Waals surface area contributed by atoms with Crippen molar-refractivity contribution in [2.45, 2.75) is 26.3 Å². The van der Waals surface area contributed by atoms with Crippen LogP contribution < -0.4 is 0 Å². The van der Waals surface area contributed by atoms with Gasteiger partial charge in [0.25, 0.3) is 0 Å². The zero-order valence-electron chi connectivity index (χ0n) is 8.12. The maximum Gasteiger partial charge on any atom is 0.0638 e. The van der Waals surface area contributed by atoms with E-state index in [0.29, 0.717) is 18.4 Å². The highest BCUT2D eigenvalue weighted by atomic mass is 32.1. The molecule has 0 amide bonds. The summed E-state index contributed by atoms with van der Waals surface area (Å²) in [4.78, 5) is 2.21. The van der Waals surface area contributed by atoms with Crippen LogP contribution in [0.3, 0.4) is 0 Å². The van der Waals surface area contributed by atoms with Crippen molar-refractivity contribution in [3.63, 3.8) is 0 Å². The van der Waals surface area contributed by atoms with E-state index < -0.39 is 0 Å². The molecule has 0 heterocycles. The Labute approximate surface area is 81.0 Å². The van der Waals surface area contributed by atoms with Gasteiger partial charge in [0.15, 0.2) is 0 Å². The molecule has 0 N–H and O–H groups in total. The number of rotatable bonds is 5. The lowest BCUT2D eigenvalue weighted by Gasteiger charge is -2.25. The predicted molar refractivity (Wildman–Crippen MR) is 55.3 cm³/mol. The van der Waals surface area contributed by atoms with Crippen LogP contribution >= 0.6 is 12.6 Å². The van der Waals surface area contributed by atoms with Crippen LogP contribution in [0.1, 0.15) is 20.3 Å². The highest BCUT2D eigenvalue weighted by Crippen LogP contribution is 2.05. The molecule has 0 saturated carbocycles. The van der Waals surface area contributed by atoms with Gasteiger partial charge in [0.1, 0.15) is 0 Å². The Hall–Kier alpha value is -0.200. The monoisotopic (exact) mass is 186 g/mol. The average Bonchev–Trinajstić information content (AvgIpc) is 2.04. The summed E-state index contributed by atoms with van der Waals surface area (Å²) in [6, 6.07) is 2.54. The second kappa shape index (κ2) is 6.33. The van der Waals surface area contributed by atoms with Crippen molar-refractivity contribution in [2.24, 2.45) is 5.92 Å². The molecular weight excluding hydrogens is 168 g/mol. The van der Waals surface area contributed by atoms with Crippen LogP contribution in [0.4, 0.5) is 0 Å². The van der Waals surface area contributed by atoms with Gasteiger partial charge in [0.2, 0.25) is 0 Å². The first-order valence-corrected chi connectivity index (χ1v) is 4.93. The molecule has 0 aliphatic rings. The van der Waals surface area contributed by atoms with E-state index in [1.165, 1.54) is 0 Å². The van der Waals surface area contributed by atoms with Crippen LogP contribution in [0.5, 0.6) is 0 Å². The van der Waals surface area contributed by atoms with Gasteiger partial charge in [-0.3, -0.25) is 0 Å². The quantitative estimate of drug-likeness (QED) is 0.663. The molecule has 0 spiro atoms. The molecule has 12 heavy (non-hydrogen) atoms. The van der Waals surface area contributed by atoms with Crippen LogP contribution in [-0.2, 0) is 0 Å². The number of hydrogen-bond acceptors (Lipinski definition) is 3. The highest BCUT2D eigenvalue weighted by molar-refractivity contribution is 7.80. The zero-order valence-corrected chi connectivity index (χ0v) is 9.01. The molecular formula is C9H18N2S. The maximum absolute atomic E-state index is 8.49. The molecule has 0 bridgehead atoms. The van der Waals surface area contributed by atoms with Crippen LogP contribution in [0.2, 0.25) is 0 Å². The van der Waals surface area contributed by atoms with Crippen molar-refractivity contribution in [3.05, 3.63) is 0 Å². The fraction of sp³-hybridized carbons (Fsp3) is 0.889. The van der Waals surface area contributed by atoms with E-state index in [0.717, 1.165) is 12.3 Å². The smallest absolute Gasteiger partial charge is 0.0638 e. The van der Waals surface area contributed by atoms with Gasteiger partial charge >= 0.3 is 0 Å². The summed E-state index contributed by atoms with van der Waals surface area (Å²) in [7, 11) is 2.06. The van der Waals surface area contributed by atoms with Gasteiger partial charge in [-0.25, -0.2) is 0 Å². The lowest BCUT2D eigenvalue weighted by Crippen LogP contribution is -2.33. The standard InChI is InChI=1S/C9H18N2S/c1-8(7-12)6-11(3)9(2)4-5-10/h8-9,12H,4,6-7H2,1-3H3. The minimum absolute atomic E-state index is 0.359. The summed E-state index contributed by atoms with van der Waals surface area (Å²) >= 11 is 4.22. The summed E-state index contributed by atoms with van der Waals surface area (Å²) in [5.74, 6) is 1.50. The van der Waals surface area contributed by atoms with Crippen molar-refractivity contribution in [2.75, 3.05) is 19.3 Å². The molecule has 0 aromatic rings. The van der Waals surface area contributed by atoms with E-state index >= 15 is 0 Å². The van der Waals surface area contributed by atoms with Gasteiger partial charge in [0.05, 0.1) is 12.5 Å². The molecule has 0 aromatic heterocycles. The minimum atomic E-state index is 0.359. The van der Waals surface area contributed by atoms with E-state index in [-0.39, 0.29) is 0 Å². The molecule has 0 radical (unpaired) electrons. The van der Waals surface area contributed by atoms with Crippen LogP contribution in [0.15, 0.2) is 0 Å². The van der Waals surface area contributed by atoms with Crippen LogP contribution in [-0.4, -0.2) is 30.3 Å². The minimum Gasteiger partial charge on any atom is -0.302 e. The molecule has 0 rings (SSSR count). The molecule has 0 fully saturated rings. The molecule has 0 aromatic carbocycles. The van der Waals surface area contributed by atoms with Crippen molar-refractivity contribution in [1.82, 2.24) is 4.90 Å². The highest BCUT2D eigenvalue weighted by Gasteiger charge is 2.10. The largest absolute Gasteiger partial charge is 0.302 e. The summed E-state index contributed by atoms with van der Waals surface area (Å²) in [6.07, 6.45) is 0.607. The fourth-order valence-corrected chi connectivity index (χ4v) is 1.13. The van der Waals surface area contributed by atoms with Gasteiger partial charge in [0, 0.05) is 12.6 Å². The topological polar surface area (TPSA) is 27.0 Å². The van der Waals surface area contributed by atoms with Gasteiger partial charge in [-0.05, 0) is 25.6 Å². The SMILES string of the molecule is CC(CS)CN(C)C(C)CC#N. The van der Waals surface area contributed by atoms with Crippen molar-refractivity contribution >= 4 is 12.6 Å². The van der Waals surface area contributed by atoms with E-state index in [9.17, 15) is 0 Å². The number of thiol groups is 1. The van der Waals surface area contributed by atoms with Crippen LogP contribution in [0, 0.1) is 17.2 Å². The lowest BCUT2D eigenvalue weighted by molar-refractivity contribution is 0.235. The molecule has 0 saturated heterocycles. The van der Waals surface area contributed by atoms with Crippen molar-refractivity contribution in [3.8, 4) is 6.07 Å². The second-order valence-electron chi connectivity index (χ2n) is 3.44. The van der Waals surface area contributed by atoms with Gasteiger partial charge in [-0.2, -0.15) is 17.9 Å². The first-order chi connectivity index (χ1) is 5.61. The second-order valence-corrected chi connectivity index (χ2v) is 3.80. The molecule has 3 heteroatoms. The first-order valence-electron chi connectivity index (χ1n) is 4.29. The number of nitrogens with zero attached hydrogens (tertiary/aromatic N) is 2. The Balaban J connectivity index is 3.71. The average molecular weight is 186 g/mol. The Morgan fingerprint density at radius 2 is 2.08 bits per heavy atom. The Morgan fingerprint density at radius 1 is 1.50 bits per heavy atom. The molecule has 0 aliphatic heterocycles. The van der Waals surface area contributed by atoms with E-state index in [1.54, 1.807) is 0 Å². The van der Waals surface area contributed by atoms with Crippen molar-refractivity contribution < 1.29 is 0 Å². The van der Waals surface area contributed by atoms with Crippen molar-refractivity contribution in [1.29, 1.82) is 5.26 Å². The third-order valence-electron chi connectivity index (χ3n) is 2.05. The maximum atomic E-state index is 8.49. The van der Waals surface area contributed by atoms with E-state index in [1.807, 2.05) is 0 Å². The van der Waals surface area contributed by atoms with E-state index in [4.69, 9.17) is 5.26 Å². The molecule has 70 valence electrons. The predicted octanol–water partition coefficient (Wildman–Crippen LogP) is 1.79. The van der Waals surface area contributed by atoms with Crippen LogP contribution in [0.25, 0.3) is 0 Å². The van der Waals surface area contributed by atoms with E-state index in [2.05, 4.69) is 44.5 Å². The Kier molecular flexibility index (Phi) is 6.23. The van der Waals surface area contributed by atoms with Gasteiger partial charge in [-0.1, -0.05) is 6.92 Å². The normalized spacial score (nSPS) is 15.7. The molecule has 2 nitrogen and oxygen atoms in total. The first kappa shape index (κ1) is 11.8. The third kappa shape index (κ3) is 4.63. The summed E-state index contributed by atoms with van der Waals surface area (Å²) < 4.78 is 0. The van der Waals surface area contributed by atoms with Gasteiger partial charge < -0.3 is 4.90 Å². The summed E-state index contributed by atoms with van der Waals surface area (Å²) in [5, 5.41) is 8.49. The third-order valence-corrected chi connectivity index (χ3v) is 2.67. The number of hydrogen-bond donors (Lipinski definition) is 1. The molecule has 2 atom stereocenters. The Bertz CT molecular complexity index is 153. The molecule has 0 aliphatic carbocycles. The summed E-state index contributed by atoms with van der Waals surface area (Å²) in [6.45, 7) is 5.27. The van der Waals surface area contributed by atoms with Gasteiger partial charge in [-0.15, -0.1) is 0 Å². The number of nitriles is 1. The zero-order chi connectivity index (χ0) is 9.56. The Morgan fingerprint density at radius 3 is 2.50 bits per heavy atom. The fourth-order valence-electron chi connectivity index (χ4n) is 1.02. The summed E-state index contributed by atoms with van der Waals surface area (Å²) in [5.41, 5.74) is 0. The lowest BCUT2D eigenvalue weighted by atomic mass is 10.1.